The number of piperidine rings is 1. The second kappa shape index (κ2) is 8.00. The molecular weight excluding hydrogens is 248 g/mol. The van der Waals surface area contributed by atoms with Crippen molar-refractivity contribution in [2.75, 3.05) is 6.54 Å². The molecule has 2 atom stereocenters. The van der Waals surface area contributed by atoms with Crippen molar-refractivity contribution in [3.05, 3.63) is 0 Å². The van der Waals surface area contributed by atoms with Gasteiger partial charge in [-0.05, 0) is 39.2 Å². The molecule has 1 amide bonds. The highest BCUT2D eigenvalue weighted by Gasteiger charge is 2.26. The van der Waals surface area contributed by atoms with Gasteiger partial charge in [0.05, 0.1) is 0 Å². The number of amides is 1. The summed E-state index contributed by atoms with van der Waals surface area (Å²) in [7, 11) is 0. The average molecular weight is 275 g/mol. The first-order chi connectivity index (χ1) is 8.25. The first-order valence-electron chi connectivity index (χ1n) is 7.29. The van der Waals surface area contributed by atoms with Gasteiger partial charge in [0, 0.05) is 18.0 Å². The zero-order valence-electron chi connectivity index (χ0n) is 11.4. The van der Waals surface area contributed by atoms with Gasteiger partial charge in [0.1, 0.15) is 0 Å². The van der Waals surface area contributed by atoms with Crippen LogP contribution in [0.4, 0.5) is 0 Å². The lowest BCUT2D eigenvalue weighted by atomic mass is 9.92. The van der Waals surface area contributed by atoms with E-state index in [-0.39, 0.29) is 18.3 Å². The van der Waals surface area contributed by atoms with Crippen LogP contribution in [0.3, 0.4) is 0 Å². The van der Waals surface area contributed by atoms with Gasteiger partial charge in [-0.3, -0.25) is 4.79 Å². The van der Waals surface area contributed by atoms with Crippen LogP contribution in [0.5, 0.6) is 0 Å². The van der Waals surface area contributed by atoms with E-state index < -0.39 is 0 Å². The molecular formula is C14H27ClN2O. The molecule has 0 bridgehead atoms. The van der Waals surface area contributed by atoms with Crippen molar-refractivity contribution >= 4 is 18.3 Å². The first-order valence-corrected chi connectivity index (χ1v) is 7.29. The van der Waals surface area contributed by atoms with E-state index in [0.29, 0.717) is 18.0 Å². The van der Waals surface area contributed by atoms with E-state index >= 15 is 0 Å². The van der Waals surface area contributed by atoms with Crippen molar-refractivity contribution in [3.8, 4) is 0 Å². The molecule has 0 aromatic carbocycles. The Labute approximate surface area is 117 Å². The number of halogens is 1. The van der Waals surface area contributed by atoms with Crippen molar-refractivity contribution in [1.29, 1.82) is 0 Å². The fraction of sp³-hybridized carbons (Fsp3) is 0.929. The maximum Gasteiger partial charge on any atom is 0.223 e. The molecule has 0 aromatic rings. The van der Waals surface area contributed by atoms with E-state index in [1.54, 1.807) is 0 Å². The van der Waals surface area contributed by atoms with Gasteiger partial charge >= 0.3 is 0 Å². The predicted octanol–water partition coefficient (Wildman–Crippen LogP) is 2.64. The second-order valence-electron chi connectivity index (χ2n) is 5.77. The van der Waals surface area contributed by atoms with E-state index in [1.807, 2.05) is 0 Å². The Morgan fingerprint density at radius 3 is 2.39 bits per heavy atom. The summed E-state index contributed by atoms with van der Waals surface area (Å²) in [6.07, 6.45) is 9.63. The third-order valence-electron chi connectivity index (χ3n) is 4.20. The van der Waals surface area contributed by atoms with Crippen molar-refractivity contribution in [2.24, 2.45) is 5.92 Å². The molecule has 1 aliphatic carbocycles. The molecule has 2 fully saturated rings. The Kier molecular flexibility index (Phi) is 7.02. The normalized spacial score (nSPS) is 30.1. The Balaban J connectivity index is 0.00000162. The summed E-state index contributed by atoms with van der Waals surface area (Å²) in [6.45, 7) is 3.16. The van der Waals surface area contributed by atoms with Gasteiger partial charge in [0.15, 0.2) is 0 Å². The summed E-state index contributed by atoms with van der Waals surface area (Å²) in [5.41, 5.74) is 0. The lowest BCUT2D eigenvalue weighted by Crippen LogP contribution is -2.45. The molecule has 0 radical (unpaired) electrons. The lowest BCUT2D eigenvalue weighted by molar-refractivity contribution is -0.126. The highest BCUT2D eigenvalue weighted by Crippen LogP contribution is 2.20. The van der Waals surface area contributed by atoms with Gasteiger partial charge in [0.25, 0.3) is 0 Å². The molecule has 1 saturated carbocycles. The molecule has 2 rings (SSSR count). The Morgan fingerprint density at radius 1 is 1.11 bits per heavy atom. The zero-order chi connectivity index (χ0) is 12.1. The van der Waals surface area contributed by atoms with Gasteiger partial charge in [-0.2, -0.15) is 0 Å². The predicted molar refractivity (Wildman–Crippen MR) is 77.1 cm³/mol. The van der Waals surface area contributed by atoms with Crippen LogP contribution in [0.15, 0.2) is 0 Å². The number of rotatable bonds is 2. The number of hydrogen-bond acceptors (Lipinski definition) is 2. The lowest BCUT2D eigenvalue weighted by Gasteiger charge is -2.28. The van der Waals surface area contributed by atoms with Crippen molar-refractivity contribution in [2.45, 2.75) is 70.4 Å². The maximum atomic E-state index is 12.2. The maximum absolute atomic E-state index is 12.2. The molecule has 1 heterocycles. The molecule has 2 N–H and O–H groups in total. The van der Waals surface area contributed by atoms with Gasteiger partial charge in [-0.1, -0.05) is 25.7 Å². The summed E-state index contributed by atoms with van der Waals surface area (Å²) >= 11 is 0. The summed E-state index contributed by atoms with van der Waals surface area (Å²) in [4.78, 5) is 12.2. The highest BCUT2D eigenvalue weighted by molar-refractivity contribution is 5.85. The van der Waals surface area contributed by atoms with E-state index in [9.17, 15) is 4.79 Å². The van der Waals surface area contributed by atoms with Gasteiger partial charge in [-0.25, -0.2) is 0 Å². The molecule has 1 saturated heterocycles. The summed E-state index contributed by atoms with van der Waals surface area (Å²) in [5, 5.41) is 6.68. The Bertz CT molecular complexity index is 252. The molecule has 0 unspecified atom stereocenters. The number of hydrogen-bond donors (Lipinski definition) is 2. The number of carbonyl (C=O) groups is 1. The van der Waals surface area contributed by atoms with E-state index in [2.05, 4.69) is 17.6 Å². The van der Waals surface area contributed by atoms with Crippen LogP contribution < -0.4 is 10.6 Å². The van der Waals surface area contributed by atoms with Crippen LogP contribution in [0.1, 0.15) is 58.3 Å². The zero-order valence-corrected chi connectivity index (χ0v) is 12.2. The van der Waals surface area contributed by atoms with Crippen LogP contribution in [0.25, 0.3) is 0 Å². The highest BCUT2D eigenvalue weighted by atomic mass is 35.5. The monoisotopic (exact) mass is 274 g/mol. The largest absolute Gasteiger partial charge is 0.353 e. The van der Waals surface area contributed by atoms with Crippen molar-refractivity contribution in [1.82, 2.24) is 10.6 Å². The number of carbonyl (C=O) groups excluding carboxylic acids is 1. The standard InChI is InChI=1S/C14H26N2O.ClH/c1-11-10-12(8-9-15-11)14(17)16-13-6-4-2-3-5-7-13;/h11-13,15H,2-10H2,1H3,(H,16,17);1H/t11-,12-;/m0./s1. The van der Waals surface area contributed by atoms with Gasteiger partial charge in [0.2, 0.25) is 5.91 Å². The van der Waals surface area contributed by atoms with Crippen molar-refractivity contribution in [3.63, 3.8) is 0 Å². The van der Waals surface area contributed by atoms with Crippen LogP contribution in [-0.4, -0.2) is 24.5 Å². The Morgan fingerprint density at radius 2 is 1.78 bits per heavy atom. The van der Waals surface area contributed by atoms with Crippen LogP contribution in [0.2, 0.25) is 0 Å². The molecule has 18 heavy (non-hydrogen) atoms. The van der Waals surface area contributed by atoms with Crippen molar-refractivity contribution < 1.29 is 4.79 Å². The summed E-state index contributed by atoms with van der Waals surface area (Å²) in [6, 6.07) is 0.948. The minimum Gasteiger partial charge on any atom is -0.353 e. The van der Waals surface area contributed by atoms with Gasteiger partial charge < -0.3 is 10.6 Å². The topological polar surface area (TPSA) is 41.1 Å². The smallest absolute Gasteiger partial charge is 0.223 e. The van der Waals surface area contributed by atoms with Gasteiger partial charge in [-0.15, -0.1) is 12.4 Å². The SMILES string of the molecule is C[C@H]1C[C@@H](C(=O)NC2CCCCCC2)CCN1.Cl. The molecule has 2 aliphatic rings. The number of nitrogens with one attached hydrogen (secondary N) is 2. The fourth-order valence-electron chi connectivity index (χ4n) is 3.11. The summed E-state index contributed by atoms with van der Waals surface area (Å²) < 4.78 is 0. The Hall–Kier alpha value is -0.280. The third kappa shape index (κ3) is 4.77. The third-order valence-corrected chi connectivity index (χ3v) is 4.20. The molecule has 0 aromatic heterocycles. The molecule has 106 valence electrons. The second-order valence-corrected chi connectivity index (χ2v) is 5.77. The first kappa shape index (κ1) is 15.8. The van der Waals surface area contributed by atoms with Crippen LogP contribution in [0, 0.1) is 5.92 Å². The van der Waals surface area contributed by atoms with E-state index in [1.165, 1.54) is 38.5 Å². The average Bonchev–Trinajstić information content (AvgIpc) is 2.57. The molecule has 0 spiro atoms. The molecule has 4 heteroatoms. The van der Waals surface area contributed by atoms with Crippen LogP contribution >= 0.6 is 12.4 Å². The quantitative estimate of drug-likeness (QED) is 0.760. The minimum atomic E-state index is 0. The van der Waals surface area contributed by atoms with Crippen LogP contribution in [-0.2, 0) is 4.79 Å². The fourth-order valence-corrected chi connectivity index (χ4v) is 3.11. The summed E-state index contributed by atoms with van der Waals surface area (Å²) in [5.74, 6) is 0.555. The van der Waals surface area contributed by atoms with E-state index in [0.717, 1.165) is 19.4 Å². The molecule has 1 aliphatic heterocycles. The molecule has 3 nitrogen and oxygen atoms in total. The van der Waals surface area contributed by atoms with E-state index in [4.69, 9.17) is 0 Å². The minimum absolute atomic E-state index is 0.